The van der Waals surface area contributed by atoms with Crippen LogP contribution in [0.25, 0.3) is 0 Å². The van der Waals surface area contributed by atoms with Gasteiger partial charge < -0.3 is 9.64 Å². The smallest absolute Gasteiger partial charge is 0.332 e. The molecule has 0 aliphatic carbocycles. The van der Waals surface area contributed by atoms with Gasteiger partial charge in [-0.05, 0) is 63.1 Å². The molecule has 0 radical (unpaired) electrons. The number of amides is 5. The molecular formula is C27H28BrN3O5. The average molecular weight is 554 g/mol. The van der Waals surface area contributed by atoms with Gasteiger partial charge in [0.25, 0.3) is 5.91 Å². The number of hydrogen-bond donors (Lipinski definition) is 0. The van der Waals surface area contributed by atoms with Crippen molar-refractivity contribution >= 4 is 45.4 Å². The van der Waals surface area contributed by atoms with Gasteiger partial charge in [-0.25, -0.2) is 9.69 Å². The number of fused-ring (bicyclic) bond motifs is 3. The van der Waals surface area contributed by atoms with E-state index in [4.69, 9.17) is 4.74 Å². The van der Waals surface area contributed by atoms with Crippen LogP contribution in [0.5, 0.6) is 5.75 Å². The molecule has 36 heavy (non-hydrogen) atoms. The number of carbonyl (C=O) groups excluding carboxylic acids is 4. The third-order valence-electron chi connectivity index (χ3n) is 7.62. The highest BCUT2D eigenvalue weighted by Gasteiger charge is 2.77. The fourth-order valence-corrected chi connectivity index (χ4v) is 6.57. The Morgan fingerprint density at radius 1 is 1.00 bits per heavy atom. The SMILES string of the molecule is CC[C@@]12C(=O)N(c3cccc(Br)c3)C(=O)N1C(c1ccc(OC)cc1)C1C(=O)N(C(C)(C)C)C(=O)C12. The lowest BCUT2D eigenvalue weighted by atomic mass is 9.77. The predicted octanol–water partition coefficient (Wildman–Crippen LogP) is 4.53. The molecule has 3 fully saturated rings. The van der Waals surface area contributed by atoms with Crippen molar-refractivity contribution in [2.24, 2.45) is 11.8 Å². The van der Waals surface area contributed by atoms with Gasteiger partial charge in [-0.15, -0.1) is 0 Å². The van der Waals surface area contributed by atoms with E-state index in [1.54, 1.807) is 77.3 Å². The van der Waals surface area contributed by atoms with Gasteiger partial charge in [0.05, 0.1) is 30.7 Å². The van der Waals surface area contributed by atoms with Gasteiger partial charge in [0.15, 0.2) is 0 Å². The summed E-state index contributed by atoms with van der Waals surface area (Å²) in [6.07, 6.45) is 0.201. The van der Waals surface area contributed by atoms with Crippen molar-refractivity contribution in [3.8, 4) is 5.75 Å². The Kier molecular flexibility index (Phi) is 5.55. The van der Waals surface area contributed by atoms with Crippen LogP contribution in [0.1, 0.15) is 45.7 Å². The van der Waals surface area contributed by atoms with Gasteiger partial charge in [0.2, 0.25) is 11.8 Å². The number of halogens is 1. The fourth-order valence-electron chi connectivity index (χ4n) is 6.19. The number of ether oxygens (including phenoxy) is 1. The average Bonchev–Trinajstić information content (AvgIpc) is 3.37. The van der Waals surface area contributed by atoms with Crippen molar-refractivity contribution in [3.05, 3.63) is 58.6 Å². The normalized spacial score (nSPS) is 27.7. The molecule has 4 atom stereocenters. The summed E-state index contributed by atoms with van der Waals surface area (Å²) in [6.45, 7) is 7.21. The van der Waals surface area contributed by atoms with Crippen molar-refractivity contribution in [2.45, 2.75) is 51.2 Å². The molecule has 3 saturated heterocycles. The maximum absolute atomic E-state index is 14.2. The lowest BCUT2D eigenvalue weighted by Crippen LogP contribution is -2.55. The molecule has 3 heterocycles. The number of methoxy groups -OCH3 is 1. The molecular weight excluding hydrogens is 526 g/mol. The van der Waals surface area contributed by atoms with Gasteiger partial charge >= 0.3 is 6.03 Å². The number of nitrogens with zero attached hydrogens (tertiary/aromatic N) is 3. The highest BCUT2D eigenvalue weighted by molar-refractivity contribution is 9.10. The zero-order valence-electron chi connectivity index (χ0n) is 20.8. The minimum atomic E-state index is -1.47. The Labute approximate surface area is 218 Å². The number of anilines is 1. The second-order valence-electron chi connectivity index (χ2n) is 10.5. The zero-order valence-corrected chi connectivity index (χ0v) is 22.4. The monoisotopic (exact) mass is 553 g/mol. The molecule has 188 valence electrons. The summed E-state index contributed by atoms with van der Waals surface area (Å²) < 4.78 is 6.01. The summed E-state index contributed by atoms with van der Waals surface area (Å²) in [6, 6.07) is 12.7. The molecule has 5 amide bonds. The maximum Gasteiger partial charge on any atom is 0.332 e. The lowest BCUT2D eigenvalue weighted by Gasteiger charge is -2.37. The van der Waals surface area contributed by atoms with Crippen LogP contribution >= 0.6 is 15.9 Å². The molecule has 5 rings (SSSR count). The van der Waals surface area contributed by atoms with Crippen LogP contribution in [0.15, 0.2) is 53.0 Å². The summed E-state index contributed by atoms with van der Waals surface area (Å²) in [4.78, 5) is 60.0. The second-order valence-corrected chi connectivity index (χ2v) is 11.4. The Hall–Kier alpha value is -3.20. The summed E-state index contributed by atoms with van der Waals surface area (Å²) in [5.41, 5.74) is -1.15. The van der Waals surface area contributed by atoms with E-state index in [-0.39, 0.29) is 12.3 Å². The third-order valence-corrected chi connectivity index (χ3v) is 8.11. The van der Waals surface area contributed by atoms with Gasteiger partial charge in [0, 0.05) is 10.0 Å². The summed E-state index contributed by atoms with van der Waals surface area (Å²) >= 11 is 3.42. The molecule has 3 unspecified atom stereocenters. The summed E-state index contributed by atoms with van der Waals surface area (Å²) in [5.74, 6) is -2.44. The van der Waals surface area contributed by atoms with E-state index < -0.39 is 46.8 Å². The van der Waals surface area contributed by atoms with E-state index in [0.717, 1.165) is 4.90 Å². The highest BCUT2D eigenvalue weighted by atomic mass is 79.9. The van der Waals surface area contributed by atoms with Crippen molar-refractivity contribution in [1.82, 2.24) is 9.80 Å². The number of benzene rings is 2. The van der Waals surface area contributed by atoms with Crippen molar-refractivity contribution in [2.75, 3.05) is 12.0 Å². The number of hydrogen-bond acceptors (Lipinski definition) is 5. The molecule has 9 heteroatoms. The topological polar surface area (TPSA) is 87.2 Å². The quantitative estimate of drug-likeness (QED) is 0.410. The molecule has 2 aromatic carbocycles. The number of likely N-dealkylation sites (tertiary alicyclic amines) is 1. The molecule has 0 saturated carbocycles. The van der Waals surface area contributed by atoms with E-state index in [1.807, 2.05) is 6.07 Å². The maximum atomic E-state index is 14.2. The first-order chi connectivity index (χ1) is 17.0. The Balaban J connectivity index is 1.74. The van der Waals surface area contributed by atoms with E-state index in [9.17, 15) is 19.2 Å². The first kappa shape index (κ1) is 24.5. The van der Waals surface area contributed by atoms with Crippen molar-refractivity contribution in [1.29, 1.82) is 0 Å². The number of rotatable bonds is 4. The highest BCUT2D eigenvalue weighted by Crippen LogP contribution is 2.60. The predicted molar refractivity (Wildman–Crippen MR) is 136 cm³/mol. The zero-order chi connectivity index (χ0) is 26.2. The van der Waals surface area contributed by atoms with E-state index in [0.29, 0.717) is 21.5 Å². The van der Waals surface area contributed by atoms with Gasteiger partial charge in [-0.2, -0.15) is 0 Å². The van der Waals surface area contributed by atoms with Crippen LogP contribution in [0, 0.1) is 11.8 Å². The standard InChI is InChI=1S/C27H28BrN3O5/c1-6-27-20-19(22(32)31(23(20)33)26(2,3)4)21(15-10-12-18(36-5)13-11-15)30(27)25(35)29(24(27)34)17-9-7-8-16(28)14-17/h7-14,19-21H,6H2,1-5H3/t19?,20?,21?,27-/m1/s1. The van der Waals surface area contributed by atoms with Crippen LogP contribution in [0.2, 0.25) is 0 Å². The minimum absolute atomic E-state index is 0.201. The van der Waals surface area contributed by atoms with Gasteiger partial charge in [0.1, 0.15) is 11.3 Å². The van der Waals surface area contributed by atoms with Crippen LogP contribution in [0.3, 0.4) is 0 Å². The molecule has 0 spiro atoms. The number of carbonyl (C=O) groups is 4. The molecule has 2 aromatic rings. The molecule has 0 N–H and O–H groups in total. The van der Waals surface area contributed by atoms with Crippen LogP contribution < -0.4 is 9.64 Å². The lowest BCUT2D eigenvalue weighted by molar-refractivity contribution is -0.149. The van der Waals surface area contributed by atoms with E-state index in [1.165, 1.54) is 9.80 Å². The van der Waals surface area contributed by atoms with E-state index >= 15 is 0 Å². The minimum Gasteiger partial charge on any atom is -0.497 e. The summed E-state index contributed by atoms with van der Waals surface area (Å²) in [7, 11) is 1.56. The molecule has 0 aromatic heterocycles. The number of imide groups is 2. The molecule has 0 bridgehead atoms. The van der Waals surface area contributed by atoms with Crippen molar-refractivity contribution < 1.29 is 23.9 Å². The summed E-state index contributed by atoms with van der Waals surface area (Å²) in [5, 5.41) is 0. The molecule has 3 aliphatic heterocycles. The third kappa shape index (κ3) is 3.11. The Morgan fingerprint density at radius 2 is 1.67 bits per heavy atom. The molecule has 8 nitrogen and oxygen atoms in total. The van der Waals surface area contributed by atoms with Crippen LogP contribution in [-0.2, 0) is 14.4 Å². The number of urea groups is 1. The van der Waals surface area contributed by atoms with E-state index in [2.05, 4.69) is 15.9 Å². The van der Waals surface area contributed by atoms with Crippen LogP contribution in [-0.4, -0.2) is 51.7 Å². The van der Waals surface area contributed by atoms with Crippen molar-refractivity contribution in [3.63, 3.8) is 0 Å². The Morgan fingerprint density at radius 3 is 2.22 bits per heavy atom. The van der Waals surface area contributed by atoms with Gasteiger partial charge in [-0.3, -0.25) is 19.3 Å². The van der Waals surface area contributed by atoms with Crippen LogP contribution in [0.4, 0.5) is 10.5 Å². The second kappa shape index (κ2) is 8.16. The molecule has 3 aliphatic rings. The Bertz CT molecular complexity index is 1290. The fraction of sp³-hybridized carbons (Fsp3) is 0.407. The first-order valence-electron chi connectivity index (χ1n) is 11.9. The first-order valence-corrected chi connectivity index (χ1v) is 12.7. The largest absolute Gasteiger partial charge is 0.497 e. The van der Waals surface area contributed by atoms with Gasteiger partial charge in [-0.1, -0.05) is 41.1 Å².